The van der Waals surface area contributed by atoms with Crippen LogP contribution in [0.3, 0.4) is 0 Å². The summed E-state index contributed by atoms with van der Waals surface area (Å²) < 4.78 is 6.06. The van der Waals surface area contributed by atoms with Gasteiger partial charge in [0, 0.05) is 12.8 Å². The van der Waals surface area contributed by atoms with Crippen molar-refractivity contribution < 1.29 is 24.2 Å². The summed E-state index contributed by atoms with van der Waals surface area (Å²) in [6.45, 7) is 4.94. The fraction of sp³-hybridized carbons (Fsp3) is 0.830. The molecule has 1 amide bonds. The maximum absolute atomic E-state index is 12.9. The van der Waals surface area contributed by atoms with Gasteiger partial charge in [-0.1, -0.05) is 185 Å². The number of esters is 1. The summed E-state index contributed by atoms with van der Waals surface area (Å²) in [7, 11) is 0. The third-order valence-electron chi connectivity index (χ3n) is 11.7. The van der Waals surface area contributed by atoms with Crippen LogP contribution in [-0.2, 0) is 19.1 Å². The first kappa shape index (κ1) is 57.6. The first-order valence-electron chi connectivity index (χ1n) is 25.8. The molecule has 0 radical (unpaired) electrons. The van der Waals surface area contributed by atoms with Gasteiger partial charge in [-0.3, -0.25) is 9.59 Å². The van der Waals surface area contributed by atoms with Crippen LogP contribution in [0, 0.1) is 0 Å². The van der Waals surface area contributed by atoms with Crippen molar-refractivity contribution in [2.24, 2.45) is 5.73 Å². The topological polar surface area (TPSA) is 119 Å². The molecule has 4 N–H and O–H groups in total. The lowest BCUT2D eigenvalue weighted by atomic mass is 10.0. The summed E-state index contributed by atoms with van der Waals surface area (Å²) in [6, 6.07) is -0.859. The van der Waals surface area contributed by atoms with E-state index in [2.05, 4.69) is 55.6 Å². The summed E-state index contributed by atoms with van der Waals surface area (Å²) in [5.74, 6) is -1.24. The highest BCUT2D eigenvalue weighted by atomic mass is 16.5. The Morgan fingerprint density at radius 1 is 0.483 bits per heavy atom. The lowest BCUT2D eigenvalue weighted by molar-refractivity contribution is -0.150. The number of carboxylic acids is 1. The number of amides is 1. The van der Waals surface area contributed by atoms with Gasteiger partial charge in [-0.05, 0) is 109 Å². The van der Waals surface area contributed by atoms with Gasteiger partial charge in [-0.2, -0.15) is 0 Å². The molecular weight excluding hydrogens is 745 g/mol. The second-order valence-corrected chi connectivity index (χ2v) is 17.6. The number of aliphatic carboxylic acids is 1. The van der Waals surface area contributed by atoms with Crippen LogP contribution in [-0.4, -0.2) is 41.6 Å². The predicted octanol–water partition coefficient (Wildman–Crippen LogP) is 15.3. The first-order chi connectivity index (χ1) is 29.4. The van der Waals surface area contributed by atoms with Crippen LogP contribution in [0.15, 0.2) is 36.5 Å². The number of allylic oxidation sites excluding steroid dienone is 6. The van der Waals surface area contributed by atoms with E-state index in [-0.39, 0.29) is 18.0 Å². The Morgan fingerprint density at radius 2 is 0.883 bits per heavy atom. The monoisotopic (exact) mass is 843 g/mol. The van der Waals surface area contributed by atoms with E-state index in [1.165, 1.54) is 141 Å². The number of rotatable bonds is 47. The molecule has 0 heterocycles. The molecule has 60 heavy (non-hydrogen) atoms. The molecule has 0 rings (SSSR count). The summed E-state index contributed by atoms with van der Waals surface area (Å²) in [6.07, 6.45) is 57.8. The zero-order chi connectivity index (χ0) is 43.8. The summed E-state index contributed by atoms with van der Waals surface area (Å²) in [5, 5.41) is 12.0. The highest BCUT2D eigenvalue weighted by Crippen LogP contribution is 2.18. The van der Waals surface area contributed by atoms with Gasteiger partial charge in [0.05, 0.1) is 0 Å². The molecule has 350 valence electrons. The van der Waals surface area contributed by atoms with Crippen LogP contribution < -0.4 is 11.1 Å². The number of carbonyl (C=O) groups excluding carboxylic acids is 2. The van der Waals surface area contributed by atoms with Crippen molar-refractivity contribution in [3.8, 4) is 0 Å². The molecular formula is C53H98N2O5. The van der Waals surface area contributed by atoms with Crippen LogP contribution in [0.25, 0.3) is 0 Å². The summed E-state index contributed by atoms with van der Waals surface area (Å²) in [5.41, 5.74) is 5.50. The van der Waals surface area contributed by atoms with Crippen LogP contribution in [0.4, 0.5) is 0 Å². The van der Waals surface area contributed by atoms with Crippen molar-refractivity contribution in [3.63, 3.8) is 0 Å². The second kappa shape index (κ2) is 47.6. The zero-order valence-corrected chi connectivity index (χ0v) is 39.6. The second-order valence-electron chi connectivity index (χ2n) is 17.6. The largest absolute Gasteiger partial charge is 0.480 e. The smallest absolute Gasteiger partial charge is 0.326 e. The molecule has 7 nitrogen and oxygen atoms in total. The number of hydrogen-bond acceptors (Lipinski definition) is 5. The highest BCUT2D eigenvalue weighted by molar-refractivity contribution is 5.83. The average Bonchev–Trinajstić information content (AvgIpc) is 3.23. The minimum Gasteiger partial charge on any atom is -0.480 e. The standard InChI is InChI=1S/C53H98N2O5/c1-3-5-7-9-11-13-15-16-17-18-19-20-21-22-23-24-25-26-28-30-32-37-41-47-52(57)60-49(43-38-34-31-29-27-14-12-10-8-6-4-2)44-39-35-33-36-40-46-51(56)55-50(53(58)59)45-42-48-54/h15-16,18-19,29,31,49-50H,3-14,17,20-28,30,32-48,54H2,1-2H3,(H,55,56)(H,58,59)/b16-15-,19-18-,31-29-. The highest BCUT2D eigenvalue weighted by Gasteiger charge is 2.19. The van der Waals surface area contributed by atoms with Crippen LogP contribution in [0.2, 0.25) is 0 Å². The molecule has 2 unspecified atom stereocenters. The molecule has 7 heteroatoms. The van der Waals surface area contributed by atoms with Crippen molar-refractivity contribution in [2.45, 2.75) is 276 Å². The van der Waals surface area contributed by atoms with E-state index in [0.29, 0.717) is 32.2 Å². The van der Waals surface area contributed by atoms with E-state index in [9.17, 15) is 19.5 Å². The Hall–Kier alpha value is -2.41. The zero-order valence-electron chi connectivity index (χ0n) is 39.6. The average molecular weight is 843 g/mol. The molecule has 0 aliphatic heterocycles. The first-order valence-corrected chi connectivity index (χ1v) is 25.8. The molecule has 0 fully saturated rings. The van der Waals surface area contributed by atoms with Gasteiger partial charge in [0.15, 0.2) is 0 Å². The SMILES string of the molecule is CCCCCCC/C=C\C/C=C\CCCCCCCCCCCCCC(=O)OC(CCC/C=C\CCCCCCCC)CCCCCCCC(=O)NC(CCCN)C(=O)O. The summed E-state index contributed by atoms with van der Waals surface area (Å²) >= 11 is 0. The number of carbonyl (C=O) groups is 3. The predicted molar refractivity (Wildman–Crippen MR) is 257 cm³/mol. The number of ether oxygens (including phenoxy) is 1. The molecule has 0 bridgehead atoms. The third kappa shape index (κ3) is 43.7. The van der Waals surface area contributed by atoms with E-state index >= 15 is 0 Å². The van der Waals surface area contributed by atoms with E-state index in [4.69, 9.17) is 10.5 Å². The molecule has 0 saturated carbocycles. The van der Waals surface area contributed by atoms with Gasteiger partial charge in [0.25, 0.3) is 0 Å². The van der Waals surface area contributed by atoms with Crippen molar-refractivity contribution in [2.75, 3.05) is 6.54 Å². The van der Waals surface area contributed by atoms with Gasteiger partial charge in [-0.25, -0.2) is 4.79 Å². The minimum absolute atomic E-state index is 0.0184. The molecule has 0 saturated heterocycles. The van der Waals surface area contributed by atoms with E-state index in [1.54, 1.807) is 0 Å². The number of nitrogens with one attached hydrogen (secondary N) is 1. The van der Waals surface area contributed by atoms with E-state index in [1.807, 2.05) is 0 Å². The van der Waals surface area contributed by atoms with Crippen molar-refractivity contribution in [1.82, 2.24) is 5.32 Å². The Kier molecular flexibility index (Phi) is 45.7. The van der Waals surface area contributed by atoms with Crippen molar-refractivity contribution >= 4 is 17.8 Å². The van der Waals surface area contributed by atoms with Crippen molar-refractivity contribution in [1.29, 1.82) is 0 Å². The number of nitrogens with two attached hydrogens (primary N) is 1. The number of carboxylic acid groups (broad SMARTS) is 1. The molecule has 2 atom stereocenters. The van der Waals surface area contributed by atoms with Crippen molar-refractivity contribution in [3.05, 3.63) is 36.5 Å². The van der Waals surface area contributed by atoms with E-state index in [0.717, 1.165) is 83.5 Å². The van der Waals surface area contributed by atoms with Gasteiger partial charge < -0.3 is 20.9 Å². The maximum Gasteiger partial charge on any atom is 0.326 e. The number of unbranched alkanes of at least 4 members (excludes halogenated alkanes) is 27. The fourth-order valence-electron chi connectivity index (χ4n) is 7.78. The van der Waals surface area contributed by atoms with Crippen LogP contribution >= 0.6 is 0 Å². The summed E-state index contributed by atoms with van der Waals surface area (Å²) in [4.78, 5) is 36.5. The molecule has 0 aliphatic rings. The van der Waals surface area contributed by atoms with Gasteiger partial charge in [0.2, 0.25) is 5.91 Å². The Bertz CT molecular complexity index is 1040. The maximum atomic E-state index is 12.9. The number of hydrogen-bond donors (Lipinski definition) is 3. The molecule has 0 aromatic heterocycles. The Morgan fingerprint density at radius 3 is 1.37 bits per heavy atom. The molecule has 0 aliphatic carbocycles. The van der Waals surface area contributed by atoms with Gasteiger partial charge in [0.1, 0.15) is 12.1 Å². The normalized spacial score (nSPS) is 12.8. The Labute approximate surface area is 371 Å². The molecule has 0 aromatic rings. The van der Waals surface area contributed by atoms with E-state index < -0.39 is 12.0 Å². The van der Waals surface area contributed by atoms with Gasteiger partial charge >= 0.3 is 11.9 Å². The van der Waals surface area contributed by atoms with Crippen LogP contribution in [0.5, 0.6) is 0 Å². The molecule has 0 spiro atoms. The van der Waals surface area contributed by atoms with Crippen LogP contribution in [0.1, 0.15) is 264 Å². The third-order valence-corrected chi connectivity index (χ3v) is 11.7. The quantitative estimate of drug-likeness (QED) is 0.0319. The fourth-order valence-corrected chi connectivity index (χ4v) is 7.78. The minimum atomic E-state index is -1.00. The molecule has 0 aromatic carbocycles. The lowest BCUT2D eigenvalue weighted by Crippen LogP contribution is -2.40. The Balaban J connectivity index is 4.18. The van der Waals surface area contributed by atoms with Gasteiger partial charge in [-0.15, -0.1) is 0 Å². The lowest BCUT2D eigenvalue weighted by Gasteiger charge is -2.18.